The van der Waals surface area contributed by atoms with Crippen LogP contribution in [0.25, 0.3) is 0 Å². The molecule has 0 amide bonds. The average Bonchev–Trinajstić information content (AvgIpc) is 3.06. The second-order valence-electron chi connectivity index (χ2n) is 6.00. The predicted molar refractivity (Wildman–Crippen MR) is 82.0 cm³/mol. The summed E-state index contributed by atoms with van der Waals surface area (Å²) in [4.78, 5) is 17.2. The number of fused-ring (bicyclic) bond motifs is 2. The molecular weight excluding hydrogens is 282 g/mol. The molecule has 0 spiro atoms. The van der Waals surface area contributed by atoms with E-state index < -0.39 is 5.97 Å². The minimum atomic E-state index is -0.723. The molecule has 2 unspecified atom stereocenters. The zero-order valence-corrected chi connectivity index (χ0v) is 12.5. The van der Waals surface area contributed by atoms with E-state index in [1.807, 2.05) is 0 Å². The third kappa shape index (κ3) is 2.18. The first kappa shape index (κ1) is 13.0. The van der Waals surface area contributed by atoms with E-state index in [1.54, 1.807) is 11.3 Å². The number of aromatic nitrogens is 1. The molecule has 0 bridgehead atoms. The van der Waals surface area contributed by atoms with E-state index in [4.69, 9.17) is 4.98 Å². The highest BCUT2D eigenvalue weighted by Gasteiger charge is 2.34. The average molecular weight is 299 g/mol. The minimum absolute atomic E-state index is 0.374. The normalized spacial score (nSPS) is 23.6. The quantitative estimate of drug-likeness (QED) is 0.923. The van der Waals surface area contributed by atoms with E-state index in [9.17, 15) is 9.90 Å². The van der Waals surface area contributed by atoms with Crippen LogP contribution in [0.1, 0.15) is 51.4 Å². The highest BCUT2D eigenvalue weighted by Crippen LogP contribution is 2.41. The summed E-state index contributed by atoms with van der Waals surface area (Å²) >= 11 is 1.75. The number of carbonyl (C=O) groups is 1. The number of hydrogen-bond donors (Lipinski definition) is 1. The lowest BCUT2D eigenvalue weighted by Gasteiger charge is -2.23. The Morgan fingerprint density at radius 1 is 1.19 bits per heavy atom. The number of thiazole rings is 1. The van der Waals surface area contributed by atoms with Crippen molar-refractivity contribution < 1.29 is 9.90 Å². The molecule has 1 heterocycles. The van der Waals surface area contributed by atoms with Gasteiger partial charge in [0, 0.05) is 10.8 Å². The van der Waals surface area contributed by atoms with Crippen molar-refractivity contribution in [3.63, 3.8) is 0 Å². The van der Waals surface area contributed by atoms with Crippen LogP contribution in [0.2, 0.25) is 0 Å². The molecule has 21 heavy (non-hydrogen) atoms. The summed E-state index contributed by atoms with van der Waals surface area (Å²) in [5.74, 6) is -0.634. The SMILES string of the molecule is O=C(O)C1CCc2sc(C3CCc4ccccc4C3)nc21. The molecule has 2 atom stereocenters. The minimum Gasteiger partial charge on any atom is -0.481 e. The highest BCUT2D eigenvalue weighted by molar-refractivity contribution is 7.11. The van der Waals surface area contributed by atoms with Crippen LogP contribution in [0, 0.1) is 0 Å². The molecule has 2 aliphatic carbocycles. The Hall–Kier alpha value is -1.68. The summed E-state index contributed by atoms with van der Waals surface area (Å²) < 4.78 is 0. The van der Waals surface area contributed by atoms with E-state index in [2.05, 4.69) is 24.3 Å². The van der Waals surface area contributed by atoms with Gasteiger partial charge in [0.2, 0.25) is 0 Å². The molecule has 2 aromatic rings. The lowest BCUT2D eigenvalue weighted by molar-refractivity contribution is -0.138. The van der Waals surface area contributed by atoms with Crippen molar-refractivity contribution in [1.82, 2.24) is 4.98 Å². The molecule has 4 heteroatoms. The predicted octanol–water partition coefficient (Wildman–Crippen LogP) is 3.53. The first-order chi connectivity index (χ1) is 10.2. The lowest BCUT2D eigenvalue weighted by atomic mass is 9.84. The molecule has 0 saturated carbocycles. The number of rotatable bonds is 2. The third-order valence-corrected chi connectivity index (χ3v) is 6.02. The van der Waals surface area contributed by atoms with Crippen LogP contribution in [0.4, 0.5) is 0 Å². The second-order valence-corrected chi connectivity index (χ2v) is 7.11. The fraction of sp³-hybridized carbons (Fsp3) is 0.412. The Balaban J connectivity index is 1.62. The van der Waals surface area contributed by atoms with Crippen LogP contribution in [-0.4, -0.2) is 16.1 Å². The van der Waals surface area contributed by atoms with Gasteiger partial charge >= 0.3 is 5.97 Å². The van der Waals surface area contributed by atoms with Gasteiger partial charge < -0.3 is 5.11 Å². The Bertz CT molecular complexity index is 707. The van der Waals surface area contributed by atoms with E-state index in [-0.39, 0.29) is 5.92 Å². The Labute approximate surface area is 127 Å². The number of aryl methyl sites for hydroxylation is 2. The van der Waals surface area contributed by atoms with Gasteiger partial charge in [0.05, 0.1) is 10.7 Å². The molecule has 0 radical (unpaired) electrons. The topological polar surface area (TPSA) is 50.2 Å². The summed E-state index contributed by atoms with van der Waals surface area (Å²) in [6.07, 6.45) is 4.87. The summed E-state index contributed by atoms with van der Waals surface area (Å²) in [7, 11) is 0. The lowest BCUT2D eigenvalue weighted by Crippen LogP contribution is -2.13. The maximum Gasteiger partial charge on any atom is 0.312 e. The van der Waals surface area contributed by atoms with Crippen molar-refractivity contribution in [2.45, 2.75) is 43.9 Å². The zero-order valence-electron chi connectivity index (χ0n) is 11.7. The fourth-order valence-corrected chi connectivity index (χ4v) is 4.85. The van der Waals surface area contributed by atoms with E-state index in [1.165, 1.54) is 16.0 Å². The molecule has 1 N–H and O–H groups in total. The molecule has 4 rings (SSSR count). The first-order valence-corrected chi connectivity index (χ1v) is 8.33. The van der Waals surface area contributed by atoms with Crippen LogP contribution >= 0.6 is 11.3 Å². The van der Waals surface area contributed by atoms with Crippen molar-refractivity contribution in [2.24, 2.45) is 0 Å². The van der Waals surface area contributed by atoms with Crippen LogP contribution in [-0.2, 0) is 24.1 Å². The van der Waals surface area contributed by atoms with Gasteiger partial charge in [-0.3, -0.25) is 4.79 Å². The van der Waals surface area contributed by atoms with Crippen molar-refractivity contribution in [3.8, 4) is 0 Å². The number of nitrogens with zero attached hydrogens (tertiary/aromatic N) is 1. The number of aliphatic carboxylic acids is 1. The fourth-order valence-electron chi connectivity index (χ4n) is 3.57. The van der Waals surface area contributed by atoms with Gasteiger partial charge in [0.25, 0.3) is 0 Å². The Kier molecular flexibility index (Phi) is 3.07. The Morgan fingerprint density at radius 3 is 2.81 bits per heavy atom. The first-order valence-electron chi connectivity index (χ1n) is 7.51. The molecule has 1 aromatic heterocycles. The highest BCUT2D eigenvalue weighted by atomic mass is 32.1. The molecule has 108 valence electrons. The molecule has 3 nitrogen and oxygen atoms in total. The van der Waals surface area contributed by atoms with Gasteiger partial charge in [0.1, 0.15) is 5.92 Å². The van der Waals surface area contributed by atoms with Crippen LogP contribution in [0.15, 0.2) is 24.3 Å². The number of carboxylic acids is 1. The molecule has 0 saturated heterocycles. The summed E-state index contributed by atoms with van der Waals surface area (Å²) in [6, 6.07) is 8.63. The molecule has 1 aromatic carbocycles. The number of hydrogen-bond acceptors (Lipinski definition) is 3. The number of carboxylic acid groups (broad SMARTS) is 1. The van der Waals surface area contributed by atoms with Gasteiger partial charge in [-0.05, 0) is 43.2 Å². The summed E-state index contributed by atoms with van der Waals surface area (Å²) in [6.45, 7) is 0. The van der Waals surface area contributed by atoms with Crippen molar-refractivity contribution >= 4 is 17.3 Å². The van der Waals surface area contributed by atoms with Crippen molar-refractivity contribution in [2.75, 3.05) is 0 Å². The maximum atomic E-state index is 11.3. The van der Waals surface area contributed by atoms with Crippen molar-refractivity contribution in [1.29, 1.82) is 0 Å². The van der Waals surface area contributed by atoms with Gasteiger partial charge in [-0.1, -0.05) is 24.3 Å². The number of benzene rings is 1. The monoisotopic (exact) mass is 299 g/mol. The smallest absolute Gasteiger partial charge is 0.312 e. The van der Waals surface area contributed by atoms with Crippen molar-refractivity contribution in [3.05, 3.63) is 51.0 Å². The summed E-state index contributed by atoms with van der Waals surface area (Å²) in [5.41, 5.74) is 3.74. The van der Waals surface area contributed by atoms with E-state index in [0.717, 1.165) is 42.8 Å². The van der Waals surface area contributed by atoms with Gasteiger partial charge in [0.15, 0.2) is 0 Å². The van der Waals surface area contributed by atoms with Crippen LogP contribution in [0.5, 0.6) is 0 Å². The molecular formula is C17H17NO2S. The van der Waals surface area contributed by atoms with Gasteiger partial charge in [-0.15, -0.1) is 11.3 Å². The van der Waals surface area contributed by atoms with E-state index >= 15 is 0 Å². The zero-order chi connectivity index (χ0) is 14.4. The third-order valence-electron chi connectivity index (χ3n) is 4.73. The second kappa shape index (κ2) is 4.95. The largest absolute Gasteiger partial charge is 0.481 e. The van der Waals surface area contributed by atoms with Gasteiger partial charge in [-0.2, -0.15) is 0 Å². The maximum absolute atomic E-state index is 11.3. The molecule has 0 aliphatic heterocycles. The molecule has 0 fully saturated rings. The van der Waals surface area contributed by atoms with Gasteiger partial charge in [-0.25, -0.2) is 4.98 Å². The van der Waals surface area contributed by atoms with Crippen LogP contribution in [0.3, 0.4) is 0 Å². The standard InChI is InChI=1S/C17H17NO2S/c19-17(20)13-7-8-14-15(13)18-16(21-14)12-6-5-10-3-1-2-4-11(10)9-12/h1-4,12-13H,5-9H2,(H,19,20). The van der Waals surface area contributed by atoms with Crippen LogP contribution < -0.4 is 0 Å². The molecule has 2 aliphatic rings. The summed E-state index contributed by atoms with van der Waals surface area (Å²) in [5, 5.41) is 10.4. The van der Waals surface area contributed by atoms with E-state index in [0.29, 0.717) is 5.92 Å². The Morgan fingerprint density at radius 2 is 2.00 bits per heavy atom.